The van der Waals surface area contributed by atoms with Crippen LogP contribution in [0.4, 0.5) is 30.7 Å². The van der Waals surface area contributed by atoms with Gasteiger partial charge in [-0.1, -0.05) is 44.9 Å². The van der Waals surface area contributed by atoms with E-state index in [1.807, 2.05) is 0 Å². The molecule has 0 amide bonds. The van der Waals surface area contributed by atoms with Crippen LogP contribution in [0.1, 0.15) is 38.3 Å². The van der Waals surface area contributed by atoms with Crippen LogP contribution in [0.25, 0.3) is 0 Å². The predicted molar refractivity (Wildman–Crippen MR) is 90.8 cm³/mol. The summed E-state index contributed by atoms with van der Waals surface area (Å²) in [7, 11) is 0. The fraction of sp³-hybridized carbons (Fsp3) is 0.526. The monoisotopic (exact) mass is 446 g/mol. The molecule has 10 heteroatoms. The van der Waals surface area contributed by atoms with Crippen LogP contribution in [0.5, 0.6) is 0 Å². The second-order valence-corrected chi connectivity index (χ2v) is 7.82. The average Bonchev–Trinajstić information content (AvgIpc) is 3.16. The molecule has 29 heavy (non-hydrogen) atoms. The maximum Gasteiger partial charge on any atom is 0.426 e. The summed E-state index contributed by atoms with van der Waals surface area (Å²) >= 11 is 5.18. The van der Waals surface area contributed by atoms with Crippen molar-refractivity contribution in [1.82, 2.24) is 0 Å². The van der Waals surface area contributed by atoms with Gasteiger partial charge >= 0.3 is 12.1 Å². The van der Waals surface area contributed by atoms with Gasteiger partial charge in [0.2, 0.25) is 0 Å². The first kappa shape index (κ1) is 23.5. The van der Waals surface area contributed by atoms with Crippen molar-refractivity contribution in [2.75, 3.05) is 0 Å². The molecule has 1 fully saturated rings. The van der Waals surface area contributed by atoms with E-state index in [1.54, 1.807) is 6.92 Å². The number of carbonyl (C=O) groups excluding carboxylic acids is 1. The fourth-order valence-electron chi connectivity index (χ4n) is 3.24. The van der Waals surface area contributed by atoms with Gasteiger partial charge in [-0.25, -0.2) is 17.6 Å². The highest BCUT2D eigenvalue weighted by molar-refractivity contribution is 6.30. The number of ether oxygens (including phenoxy) is 1. The summed E-state index contributed by atoms with van der Waals surface area (Å²) < 4.78 is 98.6. The Morgan fingerprint density at radius 3 is 2.00 bits per heavy atom. The van der Waals surface area contributed by atoms with E-state index in [4.69, 9.17) is 16.3 Å². The Balaban J connectivity index is 2.18. The lowest BCUT2D eigenvalue weighted by molar-refractivity contribution is -0.147. The van der Waals surface area contributed by atoms with E-state index in [-0.39, 0.29) is 12.8 Å². The summed E-state index contributed by atoms with van der Waals surface area (Å²) in [5.74, 6) is -9.51. The van der Waals surface area contributed by atoms with Crippen molar-refractivity contribution in [3.8, 4) is 0 Å². The molecule has 2 nitrogen and oxygen atoms in total. The molecule has 0 aliphatic heterocycles. The van der Waals surface area contributed by atoms with Gasteiger partial charge in [0.05, 0.1) is 11.5 Å². The minimum atomic E-state index is -4.78. The van der Waals surface area contributed by atoms with Gasteiger partial charge in [-0.2, -0.15) is 13.2 Å². The number of alkyl halides is 3. The van der Waals surface area contributed by atoms with E-state index >= 15 is 0 Å². The van der Waals surface area contributed by atoms with Crippen LogP contribution in [-0.4, -0.2) is 12.1 Å². The van der Waals surface area contributed by atoms with Crippen LogP contribution < -0.4 is 0 Å². The maximum atomic E-state index is 14.1. The number of benzene rings is 1. The normalized spacial score (nSPS) is 21.3. The highest BCUT2D eigenvalue weighted by atomic mass is 35.5. The second-order valence-electron chi connectivity index (χ2n) is 7.41. The van der Waals surface area contributed by atoms with Crippen LogP contribution in [0.2, 0.25) is 0 Å². The van der Waals surface area contributed by atoms with E-state index in [0.717, 1.165) is 0 Å². The van der Waals surface area contributed by atoms with Gasteiger partial charge in [0, 0.05) is 5.56 Å². The molecule has 0 spiro atoms. The summed E-state index contributed by atoms with van der Waals surface area (Å²) in [6, 6.07) is 0. The van der Waals surface area contributed by atoms with Gasteiger partial charge in [-0.05, 0) is 17.8 Å². The topological polar surface area (TPSA) is 26.3 Å². The molecule has 0 saturated heterocycles. The zero-order valence-electron chi connectivity index (χ0n) is 15.7. The molecule has 0 aromatic heterocycles. The summed E-state index contributed by atoms with van der Waals surface area (Å²) in [5, 5.41) is -1.40. The van der Waals surface area contributed by atoms with E-state index in [1.165, 1.54) is 13.8 Å². The van der Waals surface area contributed by atoms with Crippen LogP contribution in [0, 0.1) is 40.5 Å². The van der Waals surface area contributed by atoms with Gasteiger partial charge in [0.15, 0.2) is 23.3 Å². The van der Waals surface area contributed by atoms with Gasteiger partial charge < -0.3 is 4.74 Å². The number of carbonyl (C=O) groups is 1. The zero-order valence-corrected chi connectivity index (χ0v) is 16.4. The first-order valence-electron chi connectivity index (χ1n) is 8.69. The van der Waals surface area contributed by atoms with Gasteiger partial charge in [0.25, 0.3) is 0 Å². The zero-order chi connectivity index (χ0) is 22.3. The van der Waals surface area contributed by atoms with Crippen LogP contribution in [0.3, 0.4) is 0 Å². The van der Waals surface area contributed by atoms with Crippen molar-refractivity contribution in [3.63, 3.8) is 0 Å². The Morgan fingerprint density at radius 1 is 1.07 bits per heavy atom. The fourth-order valence-corrected chi connectivity index (χ4v) is 3.38. The number of hydrogen-bond acceptors (Lipinski definition) is 2. The number of halogens is 8. The summed E-state index contributed by atoms with van der Waals surface area (Å²) in [6.07, 6.45) is -4.09. The number of esters is 1. The smallest absolute Gasteiger partial charge is 0.426 e. The lowest BCUT2D eigenvalue weighted by Crippen LogP contribution is -2.15. The minimum absolute atomic E-state index is 0.226. The average molecular weight is 447 g/mol. The third-order valence-corrected chi connectivity index (χ3v) is 5.41. The van der Waals surface area contributed by atoms with Crippen molar-refractivity contribution < 1.29 is 40.3 Å². The molecule has 0 N–H and O–H groups in total. The molecule has 1 aromatic carbocycles. The molecule has 1 saturated carbocycles. The molecule has 2 unspecified atom stereocenters. The summed E-state index contributed by atoms with van der Waals surface area (Å²) in [5.41, 5.74) is -2.79. The molecule has 1 aliphatic carbocycles. The molecule has 1 aromatic rings. The standard InChI is InChI=1S/C19H18ClF7O2/c1-4-5-8-13(21)15(23)9(16(24)14(8)22)7-29-17(28)12-10(18(12,2)3)6-11(20)19(25,26)27/h6,10,12H,4-5,7H2,1-3H3. The molecule has 2 rings (SSSR count). The quantitative estimate of drug-likeness (QED) is 0.295. The SMILES string of the molecule is CCCc1c(F)c(F)c(COC(=O)C2C(C=C(Cl)C(F)(F)F)C2(C)C)c(F)c1F. The molecule has 162 valence electrons. The second kappa shape index (κ2) is 8.16. The Kier molecular flexibility index (Phi) is 6.62. The van der Waals surface area contributed by atoms with Crippen molar-refractivity contribution in [3.05, 3.63) is 45.5 Å². The number of rotatable bonds is 6. The van der Waals surface area contributed by atoms with Crippen molar-refractivity contribution in [1.29, 1.82) is 0 Å². The first-order valence-corrected chi connectivity index (χ1v) is 9.07. The molecule has 0 radical (unpaired) electrons. The van der Waals surface area contributed by atoms with E-state index in [9.17, 15) is 35.5 Å². The first-order chi connectivity index (χ1) is 13.2. The lowest BCUT2D eigenvalue weighted by Gasteiger charge is -2.12. The predicted octanol–water partition coefficient (Wildman–Crippen LogP) is 6.20. The molecule has 0 heterocycles. The third-order valence-electron chi connectivity index (χ3n) is 5.07. The summed E-state index contributed by atoms with van der Waals surface area (Å²) in [4.78, 5) is 12.2. The van der Waals surface area contributed by atoms with E-state index < -0.39 is 75.4 Å². The third kappa shape index (κ3) is 4.54. The number of allylic oxidation sites excluding steroid dienone is 2. The molecular formula is C19H18ClF7O2. The Labute approximate surface area is 167 Å². The van der Waals surface area contributed by atoms with Crippen molar-refractivity contribution >= 4 is 17.6 Å². The van der Waals surface area contributed by atoms with Gasteiger partial charge in [-0.15, -0.1) is 0 Å². The van der Waals surface area contributed by atoms with E-state index in [2.05, 4.69) is 0 Å². The molecule has 2 atom stereocenters. The number of hydrogen-bond donors (Lipinski definition) is 0. The lowest BCUT2D eigenvalue weighted by atomic mass is 10.0. The minimum Gasteiger partial charge on any atom is -0.460 e. The Hall–Kier alpha value is -1.77. The van der Waals surface area contributed by atoms with Crippen LogP contribution in [0.15, 0.2) is 11.1 Å². The van der Waals surface area contributed by atoms with Crippen LogP contribution in [-0.2, 0) is 22.6 Å². The Morgan fingerprint density at radius 2 is 1.55 bits per heavy atom. The van der Waals surface area contributed by atoms with Crippen molar-refractivity contribution in [2.24, 2.45) is 17.3 Å². The molecule has 0 bridgehead atoms. The van der Waals surface area contributed by atoms with Gasteiger partial charge in [-0.3, -0.25) is 4.79 Å². The van der Waals surface area contributed by atoms with E-state index in [0.29, 0.717) is 6.08 Å². The molecular weight excluding hydrogens is 429 g/mol. The van der Waals surface area contributed by atoms with Gasteiger partial charge in [0.1, 0.15) is 11.6 Å². The van der Waals surface area contributed by atoms with Crippen LogP contribution >= 0.6 is 11.6 Å². The maximum absolute atomic E-state index is 14.1. The highest BCUT2D eigenvalue weighted by Crippen LogP contribution is 2.60. The van der Waals surface area contributed by atoms with Crippen molar-refractivity contribution in [2.45, 2.75) is 46.4 Å². The summed E-state index contributed by atoms with van der Waals surface area (Å²) in [6.45, 7) is 3.44. The largest absolute Gasteiger partial charge is 0.460 e. The Bertz CT molecular complexity index is 817. The molecule has 1 aliphatic rings. The highest BCUT2D eigenvalue weighted by Gasteiger charge is 2.62.